The van der Waals surface area contributed by atoms with Crippen LogP contribution in [-0.4, -0.2) is 29.5 Å². The lowest BCUT2D eigenvalue weighted by molar-refractivity contribution is 0.849. The van der Waals surface area contributed by atoms with Gasteiger partial charge in [-0.1, -0.05) is 30.2 Å². The number of rotatable bonds is 4. The highest BCUT2D eigenvalue weighted by Gasteiger charge is 2.21. The molecular weight excluding hydrogens is 362 g/mol. The van der Waals surface area contributed by atoms with E-state index in [-0.39, 0.29) is 0 Å². The molecule has 0 bridgehead atoms. The Morgan fingerprint density at radius 2 is 1.97 bits per heavy atom. The highest BCUT2D eigenvalue weighted by Crippen LogP contribution is 2.28. The Morgan fingerprint density at radius 3 is 2.79 bits per heavy atom. The SMILES string of the molecule is C#CC(Nc1ncnc2nc[nH]c12)c1nc2cc(C)ccc2n1-c1ccccc1. The van der Waals surface area contributed by atoms with Crippen LogP contribution in [0.4, 0.5) is 5.82 Å². The number of para-hydroxylation sites is 1. The molecule has 3 heterocycles. The van der Waals surface area contributed by atoms with Gasteiger partial charge >= 0.3 is 0 Å². The summed E-state index contributed by atoms with van der Waals surface area (Å²) in [5.41, 5.74) is 5.29. The van der Waals surface area contributed by atoms with Gasteiger partial charge in [0.2, 0.25) is 0 Å². The molecule has 0 amide bonds. The quantitative estimate of drug-likeness (QED) is 0.464. The number of aryl methyl sites for hydroxylation is 1. The van der Waals surface area contributed by atoms with Crippen LogP contribution in [0.1, 0.15) is 17.4 Å². The van der Waals surface area contributed by atoms with Gasteiger partial charge in [0.25, 0.3) is 0 Å². The lowest BCUT2D eigenvalue weighted by Crippen LogP contribution is -2.15. The third-order valence-corrected chi connectivity index (χ3v) is 4.78. The molecular formula is C22H17N7. The molecule has 0 radical (unpaired) electrons. The third-order valence-electron chi connectivity index (χ3n) is 4.78. The predicted molar refractivity (Wildman–Crippen MR) is 113 cm³/mol. The molecule has 0 saturated heterocycles. The Bertz CT molecular complexity index is 1360. The first kappa shape index (κ1) is 17.0. The molecule has 1 atom stereocenters. The van der Waals surface area contributed by atoms with Crippen molar-refractivity contribution >= 4 is 28.0 Å². The third kappa shape index (κ3) is 2.87. The van der Waals surface area contributed by atoms with Gasteiger partial charge in [0.1, 0.15) is 23.7 Å². The molecule has 140 valence electrons. The van der Waals surface area contributed by atoms with Crippen molar-refractivity contribution in [1.29, 1.82) is 0 Å². The molecule has 0 fully saturated rings. The van der Waals surface area contributed by atoms with E-state index >= 15 is 0 Å². The Hall–Kier alpha value is -4.18. The van der Waals surface area contributed by atoms with E-state index in [1.165, 1.54) is 6.33 Å². The molecule has 7 nitrogen and oxygen atoms in total. The fourth-order valence-corrected chi connectivity index (χ4v) is 3.44. The van der Waals surface area contributed by atoms with E-state index in [0.29, 0.717) is 22.8 Å². The zero-order chi connectivity index (χ0) is 19.8. The molecule has 29 heavy (non-hydrogen) atoms. The van der Waals surface area contributed by atoms with Gasteiger partial charge in [-0.2, -0.15) is 0 Å². The summed E-state index contributed by atoms with van der Waals surface area (Å²) >= 11 is 0. The molecule has 3 aromatic heterocycles. The second kappa shape index (κ2) is 6.77. The van der Waals surface area contributed by atoms with Crippen LogP contribution in [0.25, 0.3) is 27.9 Å². The molecule has 5 aromatic rings. The number of H-pyrrole nitrogens is 1. The summed E-state index contributed by atoms with van der Waals surface area (Å²) in [6.45, 7) is 2.05. The molecule has 0 aliphatic rings. The summed E-state index contributed by atoms with van der Waals surface area (Å²) in [5.74, 6) is 4.12. The van der Waals surface area contributed by atoms with E-state index in [2.05, 4.69) is 53.9 Å². The van der Waals surface area contributed by atoms with E-state index in [1.807, 2.05) is 37.3 Å². The fourth-order valence-electron chi connectivity index (χ4n) is 3.44. The van der Waals surface area contributed by atoms with Crippen LogP contribution < -0.4 is 5.32 Å². The van der Waals surface area contributed by atoms with Gasteiger partial charge in [0.15, 0.2) is 11.5 Å². The summed E-state index contributed by atoms with van der Waals surface area (Å²) in [6, 6.07) is 15.7. The van der Waals surface area contributed by atoms with Crippen LogP contribution in [0.3, 0.4) is 0 Å². The number of benzene rings is 2. The van der Waals surface area contributed by atoms with Crippen molar-refractivity contribution in [1.82, 2.24) is 29.5 Å². The van der Waals surface area contributed by atoms with E-state index in [1.54, 1.807) is 6.33 Å². The van der Waals surface area contributed by atoms with Crippen LogP contribution in [0.2, 0.25) is 0 Å². The second-order valence-corrected chi connectivity index (χ2v) is 6.70. The first-order chi connectivity index (χ1) is 14.2. The summed E-state index contributed by atoms with van der Waals surface area (Å²) in [6.07, 6.45) is 8.98. The van der Waals surface area contributed by atoms with Gasteiger partial charge in [0.05, 0.1) is 17.4 Å². The van der Waals surface area contributed by atoms with Crippen LogP contribution in [0, 0.1) is 19.3 Å². The molecule has 2 aromatic carbocycles. The largest absolute Gasteiger partial charge is 0.348 e. The number of anilines is 1. The standard InChI is InChI=1S/C22H17N7/c1-3-16(27-21-19-20(24-12-23-19)25-13-26-21)22-28-17-11-14(2)9-10-18(17)29(22)15-7-5-4-6-8-15/h1,4-13,16H,2H3,(H2,23,24,25,26,27). The van der Waals surface area contributed by atoms with Crippen molar-refractivity contribution in [2.75, 3.05) is 5.32 Å². The number of fused-ring (bicyclic) bond motifs is 2. The molecule has 0 spiro atoms. The number of aromatic amines is 1. The average Bonchev–Trinajstić information content (AvgIpc) is 3.37. The van der Waals surface area contributed by atoms with Gasteiger partial charge in [-0.05, 0) is 36.8 Å². The van der Waals surface area contributed by atoms with Crippen LogP contribution in [0.15, 0.2) is 61.2 Å². The van der Waals surface area contributed by atoms with E-state index in [9.17, 15) is 0 Å². The first-order valence-electron chi connectivity index (χ1n) is 9.16. The Morgan fingerprint density at radius 1 is 1.10 bits per heavy atom. The number of nitrogens with one attached hydrogen (secondary N) is 2. The van der Waals surface area contributed by atoms with Crippen LogP contribution in [-0.2, 0) is 0 Å². The lowest BCUT2D eigenvalue weighted by Gasteiger charge is -2.16. The van der Waals surface area contributed by atoms with Gasteiger partial charge in [-0.3, -0.25) is 4.57 Å². The summed E-state index contributed by atoms with van der Waals surface area (Å²) in [5, 5.41) is 3.32. The van der Waals surface area contributed by atoms with Crippen molar-refractivity contribution < 1.29 is 0 Å². The van der Waals surface area contributed by atoms with Gasteiger partial charge in [-0.15, -0.1) is 6.42 Å². The maximum absolute atomic E-state index is 5.94. The predicted octanol–water partition coefficient (Wildman–Crippen LogP) is 3.79. The van der Waals surface area contributed by atoms with Crippen LogP contribution >= 0.6 is 0 Å². The number of terminal acetylenes is 1. The van der Waals surface area contributed by atoms with Crippen molar-refractivity contribution in [3.8, 4) is 18.0 Å². The smallest absolute Gasteiger partial charge is 0.182 e. The van der Waals surface area contributed by atoms with Crippen molar-refractivity contribution in [2.45, 2.75) is 13.0 Å². The summed E-state index contributed by atoms with van der Waals surface area (Å²) in [4.78, 5) is 20.6. The average molecular weight is 379 g/mol. The number of nitrogens with zero attached hydrogens (tertiary/aromatic N) is 5. The highest BCUT2D eigenvalue weighted by molar-refractivity contribution is 5.83. The zero-order valence-corrected chi connectivity index (χ0v) is 15.7. The Kier molecular flexibility index (Phi) is 3.96. The van der Waals surface area contributed by atoms with Gasteiger partial charge < -0.3 is 10.3 Å². The zero-order valence-electron chi connectivity index (χ0n) is 15.7. The Labute approximate surface area is 166 Å². The molecule has 1 unspecified atom stereocenters. The Balaban J connectivity index is 1.68. The second-order valence-electron chi connectivity index (χ2n) is 6.70. The van der Waals surface area contributed by atoms with Crippen molar-refractivity contribution in [2.24, 2.45) is 0 Å². The maximum Gasteiger partial charge on any atom is 0.182 e. The van der Waals surface area contributed by atoms with Gasteiger partial charge in [-0.25, -0.2) is 19.9 Å². The minimum atomic E-state index is -0.510. The summed E-state index contributed by atoms with van der Waals surface area (Å²) < 4.78 is 2.08. The monoisotopic (exact) mass is 379 g/mol. The number of hydrogen-bond donors (Lipinski definition) is 2. The minimum Gasteiger partial charge on any atom is -0.348 e. The fraction of sp³-hybridized carbons (Fsp3) is 0.0909. The lowest BCUT2D eigenvalue weighted by atomic mass is 10.2. The molecule has 0 aliphatic carbocycles. The van der Waals surface area contributed by atoms with E-state index < -0.39 is 6.04 Å². The highest BCUT2D eigenvalue weighted by atomic mass is 15.2. The summed E-state index contributed by atoms with van der Waals surface area (Å²) in [7, 11) is 0. The van der Waals surface area contributed by atoms with Crippen molar-refractivity contribution in [3.05, 3.63) is 72.6 Å². The van der Waals surface area contributed by atoms with E-state index in [0.717, 1.165) is 22.3 Å². The molecule has 0 aliphatic heterocycles. The number of imidazole rings is 2. The van der Waals surface area contributed by atoms with Crippen LogP contribution in [0.5, 0.6) is 0 Å². The molecule has 5 rings (SSSR count). The first-order valence-corrected chi connectivity index (χ1v) is 9.16. The minimum absolute atomic E-state index is 0.510. The van der Waals surface area contributed by atoms with Gasteiger partial charge in [0, 0.05) is 5.69 Å². The molecule has 7 heteroatoms. The normalized spacial score (nSPS) is 12.1. The number of hydrogen-bond acceptors (Lipinski definition) is 5. The van der Waals surface area contributed by atoms with E-state index in [4.69, 9.17) is 11.4 Å². The van der Waals surface area contributed by atoms with Crippen molar-refractivity contribution in [3.63, 3.8) is 0 Å². The molecule has 0 saturated carbocycles. The number of aromatic nitrogens is 6. The maximum atomic E-state index is 5.94. The molecule has 2 N–H and O–H groups in total. The topological polar surface area (TPSA) is 84.3 Å².